The van der Waals surface area contributed by atoms with Crippen LogP contribution in [0.3, 0.4) is 0 Å². The summed E-state index contributed by atoms with van der Waals surface area (Å²) in [5.74, 6) is 2.28. The zero-order valence-corrected chi connectivity index (χ0v) is 16.4. The molecule has 5 nitrogen and oxygen atoms in total. The number of hydrogen-bond donors (Lipinski definition) is 2. The molecule has 0 aliphatic heterocycles. The first kappa shape index (κ1) is 19.1. The number of rotatable bonds is 7. The topological polar surface area (TPSA) is 54.9 Å². The molecule has 1 fully saturated rings. The van der Waals surface area contributed by atoms with Gasteiger partial charge in [0.15, 0.2) is 17.5 Å². The van der Waals surface area contributed by atoms with Gasteiger partial charge in [-0.1, -0.05) is 42.8 Å². The molecule has 1 aliphatic rings. The lowest BCUT2D eigenvalue weighted by atomic mass is 9.64. The van der Waals surface area contributed by atoms with Crippen molar-refractivity contribution >= 4 is 5.96 Å². The Labute approximate surface area is 161 Å². The van der Waals surface area contributed by atoms with Crippen LogP contribution in [0.1, 0.15) is 30.4 Å². The van der Waals surface area contributed by atoms with Gasteiger partial charge in [0.1, 0.15) is 0 Å². The number of nitrogens with zero attached hydrogens (tertiary/aromatic N) is 1. The predicted octanol–water partition coefficient (Wildman–Crippen LogP) is 3.49. The number of aliphatic imine (C=N–C) groups is 1. The van der Waals surface area contributed by atoms with Gasteiger partial charge in [0.25, 0.3) is 0 Å². The highest BCUT2D eigenvalue weighted by molar-refractivity contribution is 5.79. The number of hydrogen-bond acceptors (Lipinski definition) is 3. The number of methoxy groups -OCH3 is 2. The van der Waals surface area contributed by atoms with Crippen LogP contribution in [0.4, 0.5) is 0 Å². The summed E-state index contributed by atoms with van der Waals surface area (Å²) >= 11 is 0. The van der Waals surface area contributed by atoms with Crippen LogP contribution in [0.5, 0.6) is 11.5 Å². The van der Waals surface area contributed by atoms with Crippen molar-refractivity contribution in [1.29, 1.82) is 0 Å². The van der Waals surface area contributed by atoms with Crippen molar-refractivity contribution in [3.8, 4) is 11.5 Å². The standard InChI is InChI=1S/C22H29N3O2/c1-23-21(24-15-17-10-11-19(26-2)20(14-17)27-3)25-16-22(12-7-13-22)18-8-5-4-6-9-18/h4-6,8-11,14H,7,12-13,15-16H2,1-3H3,(H2,23,24,25). The van der Waals surface area contributed by atoms with Gasteiger partial charge in [0.2, 0.25) is 0 Å². The van der Waals surface area contributed by atoms with E-state index in [1.807, 2.05) is 18.2 Å². The van der Waals surface area contributed by atoms with Crippen molar-refractivity contribution in [1.82, 2.24) is 10.6 Å². The van der Waals surface area contributed by atoms with E-state index in [1.54, 1.807) is 21.3 Å². The highest BCUT2D eigenvalue weighted by Gasteiger charge is 2.38. The van der Waals surface area contributed by atoms with Crippen LogP contribution >= 0.6 is 0 Å². The Balaban J connectivity index is 1.59. The van der Waals surface area contributed by atoms with Crippen molar-refractivity contribution in [3.63, 3.8) is 0 Å². The minimum Gasteiger partial charge on any atom is -0.493 e. The molecule has 0 radical (unpaired) electrons. The largest absolute Gasteiger partial charge is 0.493 e. The van der Waals surface area contributed by atoms with Crippen LogP contribution in [0, 0.1) is 0 Å². The Morgan fingerprint density at radius 3 is 2.33 bits per heavy atom. The van der Waals surface area contributed by atoms with Crippen LogP contribution in [0.25, 0.3) is 0 Å². The second-order valence-corrected chi connectivity index (χ2v) is 6.97. The maximum absolute atomic E-state index is 5.37. The lowest BCUT2D eigenvalue weighted by Crippen LogP contribution is -2.48. The summed E-state index contributed by atoms with van der Waals surface area (Å²) in [6.45, 7) is 1.56. The van der Waals surface area contributed by atoms with Crippen molar-refractivity contribution in [2.45, 2.75) is 31.2 Å². The van der Waals surface area contributed by atoms with Gasteiger partial charge in [-0.2, -0.15) is 0 Å². The summed E-state index contributed by atoms with van der Waals surface area (Å²) in [5.41, 5.74) is 2.75. The highest BCUT2D eigenvalue weighted by Crippen LogP contribution is 2.43. The third-order valence-corrected chi connectivity index (χ3v) is 5.42. The smallest absolute Gasteiger partial charge is 0.191 e. The zero-order chi connectivity index (χ0) is 19.1. The lowest BCUT2D eigenvalue weighted by Gasteiger charge is -2.43. The van der Waals surface area contributed by atoms with Crippen molar-refractivity contribution < 1.29 is 9.47 Å². The van der Waals surface area contributed by atoms with Crippen LogP contribution < -0.4 is 20.1 Å². The van der Waals surface area contributed by atoms with E-state index in [9.17, 15) is 0 Å². The normalized spacial score (nSPS) is 15.6. The van der Waals surface area contributed by atoms with Crippen molar-refractivity contribution in [3.05, 3.63) is 59.7 Å². The van der Waals surface area contributed by atoms with Crippen molar-refractivity contribution in [2.24, 2.45) is 4.99 Å². The molecule has 3 rings (SSSR count). The number of nitrogens with one attached hydrogen (secondary N) is 2. The van der Waals surface area contributed by atoms with Crippen LogP contribution in [-0.4, -0.2) is 33.8 Å². The molecule has 144 valence electrons. The fourth-order valence-corrected chi connectivity index (χ4v) is 3.61. The first-order valence-electron chi connectivity index (χ1n) is 9.42. The van der Waals surface area contributed by atoms with Crippen LogP contribution in [-0.2, 0) is 12.0 Å². The van der Waals surface area contributed by atoms with E-state index in [1.165, 1.54) is 24.8 Å². The molecule has 2 aromatic rings. The van der Waals surface area contributed by atoms with Gasteiger partial charge in [-0.05, 0) is 36.1 Å². The van der Waals surface area contributed by atoms with E-state index in [0.29, 0.717) is 6.54 Å². The first-order valence-corrected chi connectivity index (χ1v) is 9.42. The molecular formula is C22H29N3O2. The summed E-state index contributed by atoms with van der Waals surface area (Å²) < 4.78 is 10.7. The third kappa shape index (κ3) is 4.35. The summed E-state index contributed by atoms with van der Waals surface area (Å²) in [6.07, 6.45) is 3.72. The lowest BCUT2D eigenvalue weighted by molar-refractivity contribution is 0.244. The summed E-state index contributed by atoms with van der Waals surface area (Å²) in [5, 5.41) is 6.90. The number of benzene rings is 2. The first-order chi connectivity index (χ1) is 13.2. The van der Waals surface area contributed by atoms with Gasteiger partial charge in [-0.25, -0.2) is 0 Å². The summed E-state index contributed by atoms with van der Waals surface area (Å²) in [4.78, 5) is 4.37. The second-order valence-electron chi connectivity index (χ2n) is 6.97. The van der Waals surface area contributed by atoms with Crippen molar-refractivity contribution in [2.75, 3.05) is 27.8 Å². The third-order valence-electron chi connectivity index (χ3n) is 5.42. The van der Waals surface area contributed by atoms with E-state index >= 15 is 0 Å². The Morgan fingerprint density at radius 2 is 1.74 bits per heavy atom. The van der Waals surface area contributed by atoms with Gasteiger partial charge in [-0.15, -0.1) is 0 Å². The average molecular weight is 367 g/mol. The van der Waals surface area contributed by atoms with E-state index in [-0.39, 0.29) is 5.41 Å². The van der Waals surface area contributed by atoms with Crippen LogP contribution in [0.2, 0.25) is 0 Å². The Kier molecular flexibility index (Phi) is 6.22. The fraction of sp³-hybridized carbons (Fsp3) is 0.409. The maximum Gasteiger partial charge on any atom is 0.191 e. The quantitative estimate of drug-likeness (QED) is 0.581. The van der Waals surface area contributed by atoms with Gasteiger partial charge in [-0.3, -0.25) is 4.99 Å². The molecule has 0 unspecified atom stereocenters. The Morgan fingerprint density at radius 1 is 1.00 bits per heavy atom. The monoisotopic (exact) mass is 367 g/mol. The Bertz CT molecular complexity index is 770. The molecule has 27 heavy (non-hydrogen) atoms. The molecule has 0 aromatic heterocycles. The minimum atomic E-state index is 0.224. The van der Waals surface area contributed by atoms with E-state index < -0.39 is 0 Å². The molecule has 0 saturated heterocycles. The molecule has 0 heterocycles. The summed E-state index contributed by atoms with van der Waals surface area (Å²) in [6, 6.07) is 16.7. The van der Waals surface area contributed by atoms with Gasteiger partial charge in [0, 0.05) is 25.6 Å². The highest BCUT2D eigenvalue weighted by atomic mass is 16.5. The SMILES string of the molecule is CN=C(NCc1ccc(OC)c(OC)c1)NCC1(c2ccccc2)CCC1. The molecule has 0 amide bonds. The molecule has 1 aliphatic carbocycles. The fourth-order valence-electron chi connectivity index (χ4n) is 3.61. The Hall–Kier alpha value is -2.69. The zero-order valence-electron chi connectivity index (χ0n) is 16.4. The van der Waals surface area contributed by atoms with Crippen LogP contribution in [0.15, 0.2) is 53.5 Å². The second kappa shape index (κ2) is 8.80. The van der Waals surface area contributed by atoms with E-state index in [0.717, 1.165) is 29.6 Å². The molecule has 2 N–H and O–H groups in total. The summed E-state index contributed by atoms with van der Waals surface area (Å²) in [7, 11) is 5.10. The van der Waals surface area contributed by atoms with Gasteiger partial charge < -0.3 is 20.1 Å². The molecule has 0 atom stereocenters. The van der Waals surface area contributed by atoms with E-state index in [4.69, 9.17) is 9.47 Å². The molecule has 0 spiro atoms. The number of guanidine groups is 1. The molecular weight excluding hydrogens is 338 g/mol. The minimum absolute atomic E-state index is 0.224. The molecule has 2 aromatic carbocycles. The molecule has 5 heteroatoms. The average Bonchev–Trinajstić information content (AvgIpc) is 2.69. The molecule has 0 bridgehead atoms. The number of ether oxygens (including phenoxy) is 2. The molecule has 1 saturated carbocycles. The predicted molar refractivity (Wildman–Crippen MR) is 110 cm³/mol. The maximum atomic E-state index is 5.37. The van der Waals surface area contributed by atoms with Gasteiger partial charge in [0.05, 0.1) is 14.2 Å². The van der Waals surface area contributed by atoms with Gasteiger partial charge >= 0.3 is 0 Å². The van der Waals surface area contributed by atoms with E-state index in [2.05, 4.69) is 46.0 Å².